The number of hydrogen-bond donors (Lipinski definition) is 1. The van der Waals surface area contributed by atoms with Crippen molar-refractivity contribution >= 4 is 37.4 Å². The lowest BCUT2D eigenvalue weighted by molar-refractivity contribution is -0.118. The molecule has 3 rings (SSSR count). The van der Waals surface area contributed by atoms with Gasteiger partial charge >= 0.3 is 0 Å². The number of nitrogens with zero attached hydrogens (tertiary/aromatic N) is 1. The summed E-state index contributed by atoms with van der Waals surface area (Å²) in [5.41, 5.74) is 0.699. The van der Waals surface area contributed by atoms with Crippen molar-refractivity contribution in [1.82, 2.24) is 4.90 Å². The van der Waals surface area contributed by atoms with Gasteiger partial charge in [-0.25, -0.2) is 8.42 Å². The summed E-state index contributed by atoms with van der Waals surface area (Å²) in [4.78, 5) is 14.3. The summed E-state index contributed by atoms with van der Waals surface area (Å²) in [6.07, 6.45) is 2.11. The Morgan fingerprint density at radius 1 is 1.28 bits per heavy atom. The summed E-state index contributed by atoms with van der Waals surface area (Å²) < 4.78 is 29.9. The van der Waals surface area contributed by atoms with Gasteiger partial charge in [-0.2, -0.15) is 0 Å². The van der Waals surface area contributed by atoms with Crippen molar-refractivity contribution in [2.75, 3.05) is 23.4 Å². The van der Waals surface area contributed by atoms with Crippen LogP contribution in [0.3, 0.4) is 0 Å². The zero-order chi connectivity index (χ0) is 17.9. The Hall–Kier alpha value is -1.64. The topological polar surface area (TPSA) is 79.6 Å². The van der Waals surface area contributed by atoms with E-state index in [2.05, 4.69) is 21.2 Å². The highest BCUT2D eigenvalue weighted by molar-refractivity contribution is 9.10. The van der Waals surface area contributed by atoms with Crippen LogP contribution in [0, 0.1) is 0 Å². The lowest BCUT2D eigenvalue weighted by Crippen LogP contribution is -2.41. The summed E-state index contributed by atoms with van der Waals surface area (Å²) in [5.74, 6) is 0.777. The number of amides is 1. The molecule has 0 unspecified atom stereocenters. The Morgan fingerprint density at radius 2 is 2.04 bits per heavy atom. The zero-order valence-electron chi connectivity index (χ0n) is 13.5. The largest absolute Gasteiger partial charge is 0.468 e. The van der Waals surface area contributed by atoms with Gasteiger partial charge in [-0.3, -0.25) is 9.69 Å². The molecule has 0 saturated carbocycles. The fourth-order valence-corrected chi connectivity index (χ4v) is 4.92. The Labute approximate surface area is 155 Å². The molecule has 1 aromatic carbocycles. The average Bonchev–Trinajstić information content (AvgIpc) is 3.18. The molecule has 134 valence electrons. The number of sulfone groups is 1. The number of rotatable bonds is 6. The van der Waals surface area contributed by atoms with E-state index >= 15 is 0 Å². The average molecular weight is 427 g/mol. The molecule has 2 aromatic rings. The molecule has 1 atom stereocenters. The van der Waals surface area contributed by atoms with Crippen molar-refractivity contribution in [2.45, 2.75) is 19.0 Å². The first-order valence-corrected chi connectivity index (χ1v) is 10.5. The van der Waals surface area contributed by atoms with Crippen LogP contribution in [0.15, 0.2) is 51.6 Å². The second-order valence-corrected chi connectivity index (χ2v) is 9.24. The Kier molecular flexibility index (Phi) is 5.61. The predicted molar refractivity (Wildman–Crippen MR) is 98.9 cm³/mol. The van der Waals surface area contributed by atoms with E-state index in [1.165, 1.54) is 0 Å². The summed E-state index contributed by atoms with van der Waals surface area (Å²) >= 11 is 3.35. The van der Waals surface area contributed by atoms with Crippen LogP contribution < -0.4 is 5.32 Å². The van der Waals surface area contributed by atoms with Crippen LogP contribution in [-0.2, 0) is 21.2 Å². The van der Waals surface area contributed by atoms with Crippen LogP contribution in [0.5, 0.6) is 0 Å². The standard InChI is InChI=1S/C17H19BrN2O4S/c18-13-3-5-14(6-4-13)19-17(21)11-20(10-16-2-1-8-24-16)15-7-9-25(22,23)12-15/h1-6,8,15H,7,9-12H2,(H,19,21)/t15-/m1/s1. The third-order valence-electron chi connectivity index (χ3n) is 4.14. The van der Waals surface area contributed by atoms with Gasteiger partial charge in [0.25, 0.3) is 0 Å². The van der Waals surface area contributed by atoms with Crippen LogP contribution in [0.4, 0.5) is 5.69 Å². The Balaban J connectivity index is 1.68. The number of halogens is 1. The summed E-state index contributed by atoms with van der Waals surface area (Å²) in [6.45, 7) is 0.512. The number of carbonyl (C=O) groups is 1. The first-order chi connectivity index (χ1) is 11.9. The van der Waals surface area contributed by atoms with E-state index in [0.29, 0.717) is 24.4 Å². The van der Waals surface area contributed by atoms with Crippen molar-refractivity contribution in [3.63, 3.8) is 0 Å². The molecule has 1 aliphatic rings. The Morgan fingerprint density at radius 3 is 2.64 bits per heavy atom. The van der Waals surface area contributed by atoms with Gasteiger partial charge in [0.2, 0.25) is 5.91 Å². The highest BCUT2D eigenvalue weighted by atomic mass is 79.9. The van der Waals surface area contributed by atoms with Gasteiger partial charge < -0.3 is 9.73 Å². The number of furan rings is 1. The minimum Gasteiger partial charge on any atom is -0.468 e. The molecule has 6 nitrogen and oxygen atoms in total. The Bertz CT molecular complexity index is 819. The van der Waals surface area contributed by atoms with E-state index in [0.717, 1.165) is 4.47 Å². The van der Waals surface area contributed by atoms with Gasteiger partial charge in [0.05, 0.1) is 30.9 Å². The van der Waals surface area contributed by atoms with Gasteiger partial charge in [-0.05, 0) is 42.8 Å². The van der Waals surface area contributed by atoms with E-state index in [-0.39, 0.29) is 30.0 Å². The maximum atomic E-state index is 12.4. The highest BCUT2D eigenvalue weighted by Crippen LogP contribution is 2.20. The van der Waals surface area contributed by atoms with Gasteiger partial charge in [0.15, 0.2) is 9.84 Å². The number of nitrogens with one attached hydrogen (secondary N) is 1. The molecule has 0 aliphatic carbocycles. The molecule has 1 saturated heterocycles. The fourth-order valence-electron chi connectivity index (χ4n) is 2.90. The molecule has 0 radical (unpaired) electrons. The van der Waals surface area contributed by atoms with Gasteiger partial charge in [-0.15, -0.1) is 0 Å². The number of carbonyl (C=O) groups excluding carboxylic acids is 1. The lowest BCUT2D eigenvalue weighted by Gasteiger charge is -2.26. The van der Waals surface area contributed by atoms with Gasteiger partial charge in [0.1, 0.15) is 5.76 Å². The first kappa shape index (κ1) is 18.2. The maximum Gasteiger partial charge on any atom is 0.238 e. The van der Waals surface area contributed by atoms with E-state index < -0.39 is 9.84 Å². The monoisotopic (exact) mass is 426 g/mol. The molecular weight excluding hydrogens is 408 g/mol. The zero-order valence-corrected chi connectivity index (χ0v) is 15.9. The minimum absolute atomic E-state index is 0.0826. The molecule has 0 spiro atoms. The van der Waals surface area contributed by atoms with Crippen LogP contribution in [0.1, 0.15) is 12.2 Å². The van der Waals surface area contributed by atoms with Crippen molar-refractivity contribution in [3.8, 4) is 0 Å². The molecule has 1 aliphatic heterocycles. The maximum absolute atomic E-state index is 12.4. The van der Waals surface area contributed by atoms with Gasteiger partial charge in [0, 0.05) is 16.2 Å². The molecule has 1 N–H and O–H groups in total. The second-order valence-electron chi connectivity index (χ2n) is 6.10. The number of benzene rings is 1. The smallest absolute Gasteiger partial charge is 0.238 e. The molecular formula is C17H19BrN2O4S. The number of anilines is 1. The van der Waals surface area contributed by atoms with Crippen LogP contribution in [0.25, 0.3) is 0 Å². The third-order valence-corrected chi connectivity index (χ3v) is 6.42. The molecule has 1 fully saturated rings. The number of hydrogen-bond acceptors (Lipinski definition) is 5. The molecule has 1 amide bonds. The van der Waals surface area contributed by atoms with Gasteiger partial charge in [-0.1, -0.05) is 15.9 Å². The van der Waals surface area contributed by atoms with E-state index in [1.807, 2.05) is 23.1 Å². The van der Waals surface area contributed by atoms with Crippen molar-refractivity contribution in [1.29, 1.82) is 0 Å². The van der Waals surface area contributed by atoms with E-state index in [9.17, 15) is 13.2 Å². The summed E-state index contributed by atoms with van der Waals surface area (Å²) in [7, 11) is -3.03. The fraction of sp³-hybridized carbons (Fsp3) is 0.353. The normalized spacial score (nSPS) is 19.2. The lowest BCUT2D eigenvalue weighted by atomic mass is 10.2. The quantitative estimate of drug-likeness (QED) is 0.767. The van der Waals surface area contributed by atoms with Crippen LogP contribution in [-0.4, -0.2) is 43.3 Å². The summed E-state index contributed by atoms with van der Waals surface area (Å²) in [5, 5.41) is 2.84. The van der Waals surface area contributed by atoms with Crippen LogP contribution >= 0.6 is 15.9 Å². The van der Waals surface area contributed by atoms with Crippen molar-refractivity contribution < 1.29 is 17.6 Å². The van der Waals surface area contributed by atoms with Crippen LogP contribution in [0.2, 0.25) is 0 Å². The van der Waals surface area contributed by atoms with Crippen molar-refractivity contribution in [2.24, 2.45) is 0 Å². The van der Waals surface area contributed by atoms with E-state index in [1.54, 1.807) is 24.5 Å². The third kappa shape index (κ3) is 5.17. The highest BCUT2D eigenvalue weighted by Gasteiger charge is 2.33. The molecule has 25 heavy (non-hydrogen) atoms. The SMILES string of the molecule is O=C(CN(Cc1ccco1)[C@@H]1CCS(=O)(=O)C1)Nc1ccc(Br)cc1. The molecule has 8 heteroatoms. The van der Waals surface area contributed by atoms with E-state index in [4.69, 9.17) is 4.42 Å². The first-order valence-electron chi connectivity index (χ1n) is 7.93. The molecule has 2 heterocycles. The molecule has 0 bridgehead atoms. The minimum atomic E-state index is -3.03. The second kappa shape index (κ2) is 7.72. The van der Waals surface area contributed by atoms with Crippen molar-refractivity contribution in [3.05, 3.63) is 52.9 Å². The summed E-state index contributed by atoms with van der Waals surface area (Å²) in [6, 6.07) is 10.7. The predicted octanol–water partition coefficient (Wildman–Crippen LogP) is 2.67. The molecule has 1 aromatic heterocycles.